The zero-order valence-electron chi connectivity index (χ0n) is 14.8. The summed E-state index contributed by atoms with van der Waals surface area (Å²) in [7, 11) is 0. The van der Waals surface area contributed by atoms with E-state index in [0.29, 0.717) is 49.1 Å². The van der Waals surface area contributed by atoms with Gasteiger partial charge in [-0.2, -0.15) is 23.1 Å². The first kappa shape index (κ1) is 18.4. The number of halogens is 3. The molecule has 0 bridgehead atoms. The monoisotopic (exact) mass is 390 g/mol. The highest BCUT2D eigenvalue weighted by Crippen LogP contribution is 2.31. The number of nitrogens with zero attached hydrogens (tertiary/aromatic N) is 5. The molecule has 0 aliphatic carbocycles. The normalized spacial score (nSPS) is 15.0. The molecule has 3 aromatic heterocycles. The van der Waals surface area contributed by atoms with Crippen LogP contribution in [-0.4, -0.2) is 46.2 Å². The maximum atomic E-state index is 13.2. The Morgan fingerprint density at radius 3 is 2.57 bits per heavy atom. The van der Waals surface area contributed by atoms with Crippen molar-refractivity contribution in [3.63, 3.8) is 0 Å². The maximum absolute atomic E-state index is 13.2. The number of nitrogens with one attached hydrogen (secondary N) is 1. The summed E-state index contributed by atoms with van der Waals surface area (Å²) in [5.41, 5.74) is -0.394. The van der Waals surface area contributed by atoms with E-state index < -0.39 is 11.9 Å². The molecule has 1 fully saturated rings. The van der Waals surface area contributed by atoms with E-state index >= 15 is 0 Å². The van der Waals surface area contributed by atoms with Gasteiger partial charge in [-0.1, -0.05) is 6.07 Å². The molecular weight excluding hydrogens is 373 g/mol. The first-order chi connectivity index (χ1) is 13.5. The van der Waals surface area contributed by atoms with E-state index in [9.17, 15) is 13.2 Å². The number of pyridine rings is 2. The molecule has 1 aliphatic rings. The number of rotatable bonds is 4. The Morgan fingerprint density at radius 1 is 1.04 bits per heavy atom. The number of anilines is 2. The lowest BCUT2D eigenvalue weighted by atomic mass is 10.2. The van der Waals surface area contributed by atoms with E-state index in [0.717, 1.165) is 6.20 Å². The second-order valence-electron chi connectivity index (χ2n) is 6.21. The summed E-state index contributed by atoms with van der Waals surface area (Å²) in [6.45, 7) is 2.33. The fraction of sp³-hybridized carbons (Fsp3) is 0.333. The number of aromatic nitrogens is 4. The van der Waals surface area contributed by atoms with Crippen LogP contribution in [0.3, 0.4) is 0 Å². The fourth-order valence-electron chi connectivity index (χ4n) is 3.01. The van der Waals surface area contributed by atoms with E-state index in [-0.39, 0.29) is 12.1 Å². The van der Waals surface area contributed by atoms with Crippen molar-refractivity contribution in [3.8, 4) is 0 Å². The van der Waals surface area contributed by atoms with Crippen molar-refractivity contribution in [3.05, 3.63) is 47.9 Å². The minimum Gasteiger partial charge on any atom is -0.378 e. The highest BCUT2D eigenvalue weighted by Gasteiger charge is 2.34. The van der Waals surface area contributed by atoms with Crippen LogP contribution in [0.4, 0.5) is 24.9 Å². The summed E-state index contributed by atoms with van der Waals surface area (Å²) in [6.07, 6.45) is -1.77. The van der Waals surface area contributed by atoms with Crippen LogP contribution in [0.5, 0.6) is 0 Å². The van der Waals surface area contributed by atoms with Crippen LogP contribution in [-0.2, 0) is 17.5 Å². The number of alkyl halides is 3. The molecule has 1 N–H and O–H groups in total. The van der Waals surface area contributed by atoms with Crippen LogP contribution in [0, 0.1) is 0 Å². The van der Waals surface area contributed by atoms with Crippen molar-refractivity contribution in [2.24, 2.45) is 0 Å². The average molecular weight is 390 g/mol. The molecule has 3 aromatic rings. The molecule has 0 radical (unpaired) electrons. The summed E-state index contributed by atoms with van der Waals surface area (Å²) < 4.78 is 44.9. The van der Waals surface area contributed by atoms with Gasteiger partial charge in [0.25, 0.3) is 0 Å². The van der Waals surface area contributed by atoms with Gasteiger partial charge in [0.05, 0.1) is 18.6 Å². The quantitative estimate of drug-likeness (QED) is 0.734. The third-order valence-electron chi connectivity index (χ3n) is 4.36. The van der Waals surface area contributed by atoms with Gasteiger partial charge in [-0.25, -0.2) is 4.98 Å². The summed E-state index contributed by atoms with van der Waals surface area (Å²) >= 11 is 0. The maximum Gasteiger partial charge on any atom is 0.433 e. The summed E-state index contributed by atoms with van der Waals surface area (Å²) in [6, 6.07) is 6.39. The molecule has 4 rings (SSSR count). The van der Waals surface area contributed by atoms with Crippen LogP contribution >= 0.6 is 0 Å². The van der Waals surface area contributed by atoms with E-state index in [2.05, 4.69) is 25.3 Å². The fourth-order valence-corrected chi connectivity index (χ4v) is 3.01. The highest BCUT2D eigenvalue weighted by atomic mass is 19.4. The molecule has 146 valence electrons. The van der Waals surface area contributed by atoms with Crippen LogP contribution in [0.25, 0.3) is 11.0 Å². The third kappa shape index (κ3) is 3.81. The molecule has 0 unspecified atom stereocenters. The van der Waals surface area contributed by atoms with Crippen molar-refractivity contribution in [1.82, 2.24) is 19.9 Å². The number of fused-ring (bicyclic) bond motifs is 1. The molecule has 10 heteroatoms. The lowest BCUT2D eigenvalue weighted by molar-refractivity contribution is -0.141. The smallest absolute Gasteiger partial charge is 0.378 e. The van der Waals surface area contributed by atoms with Crippen LogP contribution < -0.4 is 10.2 Å². The van der Waals surface area contributed by atoms with Gasteiger partial charge >= 0.3 is 6.18 Å². The van der Waals surface area contributed by atoms with Crippen LogP contribution in [0.2, 0.25) is 0 Å². The SMILES string of the molecule is FC(F)(F)c1ncccc1CNc1nc(N2CCOCC2)nc2ncccc12. The molecule has 0 spiro atoms. The molecular formula is C18H17F3N6O. The lowest BCUT2D eigenvalue weighted by Crippen LogP contribution is -2.37. The van der Waals surface area contributed by atoms with Crippen molar-refractivity contribution in [2.45, 2.75) is 12.7 Å². The number of hydrogen-bond donors (Lipinski definition) is 1. The minimum absolute atomic E-state index is 0.0403. The molecule has 0 aromatic carbocycles. The molecule has 4 heterocycles. The van der Waals surface area contributed by atoms with Crippen molar-refractivity contribution >= 4 is 22.8 Å². The van der Waals surface area contributed by atoms with Gasteiger partial charge in [0.1, 0.15) is 11.5 Å². The number of hydrogen-bond acceptors (Lipinski definition) is 7. The van der Waals surface area contributed by atoms with Gasteiger partial charge in [0, 0.05) is 37.6 Å². The van der Waals surface area contributed by atoms with Gasteiger partial charge in [0.2, 0.25) is 5.95 Å². The Balaban J connectivity index is 1.67. The van der Waals surface area contributed by atoms with Crippen LogP contribution in [0.1, 0.15) is 11.3 Å². The van der Waals surface area contributed by atoms with Crippen molar-refractivity contribution in [1.29, 1.82) is 0 Å². The zero-order chi connectivity index (χ0) is 19.6. The van der Waals surface area contributed by atoms with Gasteiger partial charge in [-0.3, -0.25) is 4.98 Å². The van der Waals surface area contributed by atoms with Gasteiger partial charge in [-0.05, 0) is 18.2 Å². The topological polar surface area (TPSA) is 76.1 Å². The molecule has 1 aliphatic heterocycles. The highest BCUT2D eigenvalue weighted by molar-refractivity contribution is 5.87. The predicted octanol–water partition coefficient (Wildman–Crippen LogP) is 2.89. The molecule has 0 saturated carbocycles. The lowest BCUT2D eigenvalue weighted by Gasteiger charge is -2.27. The predicted molar refractivity (Wildman–Crippen MR) is 96.9 cm³/mol. The van der Waals surface area contributed by atoms with Crippen LogP contribution in [0.15, 0.2) is 36.7 Å². The third-order valence-corrected chi connectivity index (χ3v) is 4.36. The van der Waals surface area contributed by atoms with E-state index in [1.165, 1.54) is 12.1 Å². The summed E-state index contributed by atoms with van der Waals surface area (Å²) in [5.74, 6) is 0.899. The molecule has 0 amide bonds. The second kappa shape index (κ2) is 7.55. The number of ether oxygens (including phenoxy) is 1. The summed E-state index contributed by atoms with van der Waals surface area (Å²) in [4.78, 5) is 18.7. The Bertz CT molecular complexity index is 975. The summed E-state index contributed by atoms with van der Waals surface area (Å²) in [5, 5.41) is 3.64. The Hall–Kier alpha value is -3.01. The van der Waals surface area contributed by atoms with Gasteiger partial charge in [-0.15, -0.1) is 0 Å². The molecule has 7 nitrogen and oxygen atoms in total. The first-order valence-corrected chi connectivity index (χ1v) is 8.73. The van der Waals surface area contributed by atoms with E-state index in [4.69, 9.17) is 4.74 Å². The average Bonchev–Trinajstić information content (AvgIpc) is 2.72. The molecule has 1 saturated heterocycles. The molecule has 0 atom stereocenters. The van der Waals surface area contributed by atoms with Gasteiger partial charge < -0.3 is 15.0 Å². The standard InChI is InChI=1S/C18H17F3N6O/c19-18(20,21)14-12(3-1-5-22-14)11-24-16-13-4-2-6-23-15(13)25-17(26-16)27-7-9-28-10-8-27/h1-6H,7-11H2,(H,23,24,25,26). The molecule has 28 heavy (non-hydrogen) atoms. The minimum atomic E-state index is -4.52. The Labute approximate surface area is 158 Å². The van der Waals surface area contributed by atoms with E-state index in [1.807, 2.05) is 4.90 Å². The first-order valence-electron chi connectivity index (χ1n) is 8.73. The van der Waals surface area contributed by atoms with E-state index in [1.54, 1.807) is 18.3 Å². The number of morpholine rings is 1. The largest absolute Gasteiger partial charge is 0.433 e. The van der Waals surface area contributed by atoms with Crippen molar-refractivity contribution in [2.75, 3.05) is 36.5 Å². The van der Waals surface area contributed by atoms with Gasteiger partial charge in [0.15, 0.2) is 5.65 Å². The Kier molecular flexibility index (Phi) is 4.95. The zero-order valence-corrected chi connectivity index (χ0v) is 14.8. The van der Waals surface area contributed by atoms with Crippen molar-refractivity contribution < 1.29 is 17.9 Å². The Morgan fingerprint density at radius 2 is 1.79 bits per heavy atom. The second-order valence-corrected chi connectivity index (χ2v) is 6.21.